The van der Waals surface area contributed by atoms with Crippen molar-refractivity contribution in [2.75, 3.05) is 11.5 Å². The van der Waals surface area contributed by atoms with Gasteiger partial charge in [0.2, 0.25) is 0 Å². The maximum atomic E-state index is 12.2. The fourth-order valence-electron chi connectivity index (χ4n) is 2.49. The predicted molar refractivity (Wildman–Crippen MR) is 79.1 cm³/mol. The molecule has 3 rings (SSSR count). The van der Waals surface area contributed by atoms with E-state index in [-0.39, 0.29) is 17.1 Å². The standard InChI is InChI=1S/C14H14N2O4S/c17-13(15-10-5-6-21(19,20)8-10)11-7-9-3-1-2-4-12(9)16-14(11)18/h1-4,7,10H,5-6,8H2,(H,15,17)(H,16,18)/t10-/m0/s1. The smallest absolute Gasteiger partial charge is 0.261 e. The fraction of sp³-hybridized carbons (Fsp3) is 0.286. The first-order valence-corrected chi connectivity index (χ1v) is 8.40. The van der Waals surface area contributed by atoms with Crippen LogP contribution in [-0.2, 0) is 9.84 Å². The number of sulfone groups is 1. The topological polar surface area (TPSA) is 96.1 Å². The van der Waals surface area contributed by atoms with Crippen LogP contribution in [0.1, 0.15) is 16.8 Å². The molecule has 1 atom stereocenters. The number of carbonyl (C=O) groups is 1. The Morgan fingerprint density at radius 1 is 1.29 bits per heavy atom. The van der Waals surface area contributed by atoms with Crippen LogP contribution in [0.5, 0.6) is 0 Å². The summed E-state index contributed by atoms with van der Waals surface area (Å²) >= 11 is 0. The zero-order valence-corrected chi connectivity index (χ0v) is 11.9. The Morgan fingerprint density at radius 3 is 2.76 bits per heavy atom. The van der Waals surface area contributed by atoms with Crippen LogP contribution in [0.3, 0.4) is 0 Å². The van der Waals surface area contributed by atoms with Crippen molar-refractivity contribution in [1.29, 1.82) is 0 Å². The summed E-state index contributed by atoms with van der Waals surface area (Å²) in [7, 11) is -3.07. The second-order valence-electron chi connectivity index (χ2n) is 5.17. The number of amides is 1. The van der Waals surface area contributed by atoms with Gasteiger partial charge in [-0.15, -0.1) is 0 Å². The van der Waals surface area contributed by atoms with E-state index in [1.165, 1.54) is 6.07 Å². The predicted octanol–water partition coefficient (Wildman–Crippen LogP) is 0.445. The molecule has 7 heteroatoms. The molecule has 0 aliphatic carbocycles. The number of aromatic amines is 1. The Bertz CT molecular complexity index is 870. The summed E-state index contributed by atoms with van der Waals surface area (Å²) < 4.78 is 22.8. The molecule has 0 bridgehead atoms. The number of H-pyrrole nitrogens is 1. The highest BCUT2D eigenvalue weighted by molar-refractivity contribution is 7.91. The lowest BCUT2D eigenvalue weighted by Gasteiger charge is -2.10. The third-order valence-electron chi connectivity index (χ3n) is 3.57. The van der Waals surface area contributed by atoms with Crippen LogP contribution < -0.4 is 10.9 Å². The molecular formula is C14H14N2O4S. The average Bonchev–Trinajstić information content (AvgIpc) is 2.77. The first-order valence-electron chi connectivity index (χ1n) is 6.58. The molecule has 110 valence electrons. The van der Waals surface area contributed by atoms with Crippen LogP contribution in [0.4, 0.5) is 0 Å². The molecular weight excluding hydrogens is 292 g/mol. The van der Waals surface area contributed by atoms with Crippen LogP contribution in [0.15, 0.2) is 35.1 Å². The number of benzene rings is 1. The van der Waals surface area contributed by atoms with Crippen molar-refractivity contribution in [3.05, 3.63) is 46.2 Å². The number of para-hydroxylation sites is 1. The second kappa shape index (κ2) is 5.00. The summed E-state index contributed by atoms with van der Waals surface area (Å²) in [5, 5.41) is 3.37. The van der Waals surface area contributed by atoms with Gasteiger partial charge in [0.15, 0.2) is 9.84 Å². The molecule has 0 unspecified atom stereocenters. The summed E-state index contributed by atoms with van der Waals surface area (Å²) in [5.74, 6) is -0.528. The molecule has 0 saturated carbocycles. The van der Waals surface area contributed by atoms with Gasteiger partial charge in [0, 0.05) is 11.6 Å². The van der Waals surface area contributed by atoms with Gasteiger partial charge in [0.1, 0.15) is 5.56 Å². The van der Waals surface area contributed by atoms with Crippen molar-refractivity contribution in [2.45, 2.75) is 12.5 Å². The Kier molecular flexibility index (Phi) is 3.29. The number of pyridine rings is 1. The van der Waals surface area contributed by atoms with Gasteiger partial charge >= 0.3 is 0 Å². The molecule has 1 fully saturated rings. The Morgan fingerprint density at radius 2 is 2.05 bits per heavy atom. The van der Waals surface area contributed by atoms with Crippen molar-refractivity contribution < 1.29 is 13.2 Å². The molecule has 1 aliphatic rings. The van der Waals surface area contributed by atoms with Gasteiger partial charge in [-0.2, -0.15) is 0 Å². The third kappa shape index (κ3) is 2.82. The van der Waals surface area contributed by atoms with Gasteiger partial charge in [0.25, 0.3) is 11.5 Å². The zero-order chi connectivity index (χ0) is 15.0. The molecule has 1 saturated heterocycles. The lowest BCUT2D eigenvalue weighted by Crippen LogP contribution is -2.38. The van der Waals surface area contributed by atoms with E-state index >= 15 is 0 Å². The quantitative estimate of drug-likeness (QED) is 0.841. The lowest BCUT2D eigenvalue weighted by molar-refractivity contribution is 0.0940. The summed E-state index contributed by atoms with van der Waals surface area (Å²) in [6.07, 6.45) is 0.388. The summed E-state index contributed by atoms with van der Waals surface area (Å²) in [6.45, 7) is 0. The molecule has 1 amide bonds. The zero-order valence-electron chi connectivity index (χ0n) is 11.1. The molecule has 0 spiro atoms. The molecule has 0 radical (unpaired) electrons. The summed E-state index contributed by atoms with van der Waals surface area (Å²) in [6, 6.07) is 8.25. The molecule has 2 heterocycles. The monoisotopic (exact) mass is 306 g/mol. The average molecular weight is 306 g/mol. The van der Waals surface area contributed by atoms with E-state index in [4.69, 9.17) is 0 Å². The van der Waals surface area contributed by atoms with Crippen LogP contribution in [0.2, 0.25) is 0 Å². The third-order valence-corrected chi connectivity index (χ3v) is 5.33. The van der Waals surface area contributed by atoms with Crippen molar-refractivity contribution in [2.24, 2.45) is 0 Å². The van der Waals surface area contributed by atoms with Gasteiger partial charge in [-0.25, -0.2) is 8.42 Å². The Hall–Kier alpha value is -2.15. The van der Waals surface area contributed by atoms with Crippen LogP contribution >= 0.6 is 0 Å². The molecule has 21 heavy (non-hydrogen) atoms. The Labute approximate surface area is 121 Å². The van der Waals surface area contributed by atoms with Crippen molar-refractivity contribution in [1.82, 2.24) is 10.3 Å². The Balaban J connectivity index is 1.88. The number of nitrogens with one attached hydrogen (secondary N) is 2. The molecule has 6 nitrogen and oxygen atoms in total. The van der Waals surface area contributed by atoms with Gasteiger partial charge in [-0.05, 0) is 23.9 Å². The maximum Gasteiger partial charge on any atom is 0.261 e. The van der Waals surface area contributed by atoms with Crippen LogP contribution in [0.25, 0.3) is 10.9 Å². The number of rotatable bonds is 2. The minimum absolute atomic E-state index is 0.00185. The lowest BCUT2D eigenvalue weighted by atomic mass is 10.1. The van der Waals surface area contributed by atoms with Crippen molar-refractivity contribution in [3.8, 4) is 0 Å². The minimum Gasteiger partial charge on any atom is -0.348 e. The normalized spacial score (nSPS) is 20.5. The van der Waals surface area contributed by atoms with E-state index in [9.17, 15) is 18.0 Å². The molecule has 1 aromatic carbocycles. The maximum absolute atomic E-state index is 12.2. The highest BCUT2D eigenvalue weighted by Crippen LogP contribution is 2.13. The molecule has 2 aromatic rings. The van der Waals surface area contributed by atoms with E-state index in [0.29, 0.717) is 11.9 Å². The number of fused-ring (bicyclic) bond motifs is 1. The fourth-order valence-corrected chi connectivity index (χ4v) is 4.16. The van der Waals surface area contributed by atoms with E-state index in [2.05, 4.69) is 10.3 Å². The summed E-state index contributed by atoms with van der Waals surface area (Å²) in [5.41, 5.74) is 0.174. The van der Waals surface area contributed by atoms with Gasteiger partial charge in [0.05, 0.1) is 11.5 Å². The summed E-state index contributed by atoms with van der Waals surface area (Å²) in [4.78, 5) is 26.7. The second-order valence-corrected chi connectivity index (χ2v) is 7.40. The number of carbonyl (C=O) groups excluding carboxylic acids is 1. The first kappa shape index (κ1) is 13.8. The van der Waals surface area contributed by atoms with Crippen molar-refractivity contribution in [3.63, 3.8) is 0 Å². The highest BCUT2D eigenvalue weighted by Gasteiger charge is 2.29. The SMILES string of the molecule is O=C(N[C@H]1CCS(=O)(=O)C1)c1cc2ccccc2[nH]c1=O. The van der Waals surface area contributed by atoms with Gasteiger partial charge in [-0.3, -0.25) is 9.59 Å². The van der Waals surface area contributed by atoms with Crippen LogP contribution in [0, 0.1) is 0 Å². The molecule has 2 N–H and O–H groups in total. The van der Waals surface area contributed by atoms with Crippen LogP contribution in [-0.4, -0.2) is 36.9 Å². The largest absolute Gasteiger partial charge is 0.348 e. The minimum atomic E-state index is -3.07. The number of hydrogen-bond acceptors (Lipinski definition) is 4. The van der Waals surface area contributed by atoms with Gasteiger partial charge < -0.3 is 10.3 Å². The van der Waals surface area contributed by atoms with Gasteiger partial charge in [-0.1, -0.05) is 18.2 Å². The van der Waals surface area contributed by atoms with Crippen molar-refractivity contribution >= 4 is 26.6 Å². The van der Waals surface area contributed by atoms with E-state index in [1.54, 1.807) is 18.2 Å². The van der Waals surface area contributed by atoms with E-state index in [1.807, 2.05) is 6.07 Å². The highest BCUT2D eigenvalue weighted by atomic mass is 32.2. The number of hydrogen-bond donors (Lipinski definition) is 2. The van der Waals surface area contributed by atoms with E-state index < -0.39 is 27.3 Å². The van der Waals surface area contributed by atoms with E-state index in [0.717, 1.165) is 5.39 Å². The molecule has 1 aliphatic heterocycles. The first-order chi connectivity index (χ1) is 9.94. The number of aromatic nitrogens is 1. The molecule has 1 aromatic heterocycles.